The van der Waals surface area contributed by atoms with Crippen LogP contribution in [0.2, 0.25) is 0 Å². The van der Waals surface area contributed by atoms with E-state index in [4.69, 9.17) is 5.73 Å². The van der Waals surface area contributed by atoms with Crippen LogP contribution in [0.4, 0.5) is 5.69 Å². The molecule has 4 heteroatoms. The smallest absolute Gasteiger partial charge is 0.236 e. The van der Waals surface area contributed by atoms with Crippen molar-refractivity contribution >= 4 is 23.4 Å². The molecule has 1 aromatic rings. The Balaban J connectivity index is 2.38. The lowest BCUT2D eigenvalue weighted by Crippen LogP contribution is -2.28. The number of benzene rings is 1. The quantitative estimate of drug-likeness (QED) is 0.842. The van der Waals surface area contributed by atoms with Crippen molar-refractivity contribution in [1.82, 2.24) is 0 Å². The first-order valence-electron chi connectivity index (χ1n) is 5.74. The molecule has 3 nitrogen and oxygen atoms in total. The highest BCUT2D eigenvalue weighted by Crippen LogP contribution is 2.14. The average Bonchev–Trinajstić information content (AvgIpc) is 2.38. The van der Waals surface area contributed by atoms with Crippen LogP contribution in [0.25, 0.3) is 0 Å². The van der Waals surface area contributed by atoms with E-state index in [0.717, 1.165) is 11.4 Å². The molecule has 1 atom stereocenters. The van der Waals surface area contributed by atoms with Gasteiger partial charge in [0, 0.05) is 12.7 Å². The van der Waals surface area contributed by atoms with Gasteiger partial charge in [0.2, 0.25) is 5.91 Å². The van der Waals surface area contributed by atoms with E-state index in [2.05, 4.69) is 6.92 Å². The van der Waals surface area contributed by atoms with Gasteiger partial charge in [-0.1, -0.05) is 25.1 Å². The highest BCUT2D eigenvalue weighted by atomic mass is 32.2. The van der Waals surface area contributed by atoms with E-state index >= 15 is 0 Å². The summed E-state index contributed by atoms with van der Waals surface area (Å²) < 4.78 is 0. The van der Waals surface area contributed by atoms with Crippen LogP contribution < -0.4 is 10.6 Å². The number of nitrogens with two attached hydrogens (primary N) is 1. The number of hydrogen-bond donors (Lipinski definition) is 1. The second-order valence-electron chi connectivity index (χ2n) is 4.14. The van der Waals surface area contributed by atoms with Crippen molar-refractivity contribution in [3.63, 3.8) is 0 Å². The molecule has 0 aromatic heterocycles. The Bertz CT molecular complexity index is 343. The van der Waals surface area contributed by atoms with Gasteiger partial charge in [0.25, 0.3) is 0 Å². The number of nitrogens with zero attached hydrogens (tertiary/aromatic N) is 1. The fourth-order valence-electron chi connectivity index (χ4n) is 1.31. The van der Waals surface area contributed by atoms with E-state index in [1.54, 1.807) is 16.7 Å². The van der Waals surface area contributed by atoms with Crippen molar-refractivity contribution in [2.24, 2.45) is 11.7 Å². The molecule has 0 saturated carbocycles. The Kier molecular flexibility index (Phi) is 6.08. The monoisotopic (exact) mass is 252 g/mol. The first-order chi connectivity index (χ1) is 8.15. The summed E-state index contributed by atoms with van der Waals surface area (Å²) >= 11 is 1.65. The predicted molar refractivity (Wildman–Crippen MR) is 75.4 cm³/mol. The molecule has 94 valence electrons. The fourth-order valence-corrected chi connectivity index (χ4v) is 2.33. The molecule has 0 aliphatic rings. The highest BCUT2D eigenvalue weighted by Gasteiger charge is 2.10. The summed E-state index contributed by atoms with van der Waals surface area (Å²) in [6, 6.07) is 9.68. The Morgan fingerprint density at radius 3 is 2.65 bits per heavy atom. The molecule has 0 heterocycles. The second kappa shape index (κ2) is 7.35. The molecule has 17 heavy (non-hydrogen) atoms. The van der Waals surface area contributed by atoms with E-state index in [1.165, 1.54) is 0 Å². The maximum absolute atomic E-state index is 11.9. The highest BCUT2D eigenvalue weighted by molar-refractivity contribution is 7.99. The first-order valence-corrected chi connectivity index (χ1v) is 6.90. The van der Waals surface area contributed by atoms with Gasteiger partial charge in [0.05, 0.1) is 5.75 Å². The van der Waals surface area contributed by atoms with Crippen LogP contribution in [0.3, 0.4) is 0 Å². The molecule has 1 unspecified atom stereocenters. The topological polar surface area (TPSA) is 46.3 Å². The minimum atomic E-state index is 0.130. The predicted octanol–water partition coefficient (Wildman–Crippen LogP) is 1.98. The molecule has 1 amide bonds. The van der Waals surface area contributed by atoms with Crippen LogP contribution in [0.5, 0.6) is 0 Å². The molecule has 0 fully saturated rings. The third kappa shape index (κ3) is 4.79. The molecular weight excluding hydrogens is 232 g/mol. The van der Waals surface area contributed by atoms with Gasteiger partial charge in [-0.2, -0.15) is 11.8 Å². The number of amides is 1. The number of carbonyl (C=O) groups is 1. The molecule has 2 N–H and O–H groups in total. The number of rotatable bonds is 6. The Morgan fingerprint density at radius 1 is 1.41 bits per heavy atom. The van der Waals surface area contributed by atoms with Gasteiger partial charge in [-0.05, 0) is 30.3 Å². The number of para-hydroxylation sites is 1. The molecule has 0 aliphatic heterocycles. The minimum Gasteiger partial charge on any atom is -0.330 e. The zero-order valence-corrected chi connectivity index (χ0v) is 11.2. The van der Waals surface area contributed by atoms with Crippen molar-refractivity contribution in [3.05, 3.63) is 30.3 Å². The lowest BCUT2D eigenvalue weighted by Gasteiger charge is -2.17. The number of thioether (sulfide) groups is 1. The summed E-state index contributed by atoms with van der Waals surface area (Å²) in [6.07, 6.45) is 0. The molecule has 0 bridgehead atoms. The molecule has 0 radical (unpaired) electrons. The Hall–Kier alpha value is -1.00. The van der Waals surface area contributed by atoms with Gasteiger partial charge in [0.15, 0.2) is 0 Å². The van der Waals surface area contributed by atoms with E-state index in [0.29, 0.717) is 18.2 Å². The number of carbonyl (C=O) groups excluding carboxylic acids is 1. The lowest BCUT2D eigenvalue weighted by atomic mass is 10.2. The molecular formula is C13H20N2OS. The normalized spacial score (nSPS) is 12.2. The zero-order valence-electron chi connectivity index (χ0n) is 10.4. The molecule has 1 aromatic carbocycles. The van der Waals surface area contributed by atoms with Crippen molar-refractivity contribution in [2.45, 2.75) is 6.92 Å². The maximum Gasteiger partial charge on any atom is 0.236 e. The van der Waals surface area contributed by atoms with E-state index in [9.17, 15) is 4.79 Å². The molecule has 1 rings (SSSR count). The number of hydrogen-bond acceptors (Lipinski definition) is 3. The number of anilines is 1. The van der Waals surface area contributed by atoms with Gasteiger partial charge >= 0.3 is 0 Å². The van der Waals surface area contributed by atoms with Gasteiger partial charge < -0.3 is 10.6 Å². The fraction of sp³-hybridized carbons (Fsp3) is 0.462. The van der Waals surface area contributed by atoms with Crippen LogP contribution >= 0.6 is 11.8 Å². The molecule has 0 spiro atoms. The SMILES string of the molecule is CC(CN)CSCC(=O)N(C)c1ccccc1. The maximum atomic E-state index is 11.9. The van der Waals surface area contributed by atoms with E-state index in [1.807, 2.05) is 37.4 Å². The summed E-state index contributed by atoms with van der Waals surface area (Å²) in [4.78, 5) is 13.6. The van der Waals surface area contributed by atoms with Crippen molar-refractivity contribution in [2.75, 3.05) is 30.0 Å². The second-order valence-corrected chi connectivity index (χ2v) is 5.17. The standard InChI is InChI=1S/C13H20N2OS/c1-11(8-14)9-17-10-13(16)15(2)12-6-4-3-5-7-12/h3-7,11H,8-10,14H2,1-2H3. The lowest BCUT2D eigenvalue weighted by molar-refractivity contribution is -0.115. The third-order valence-electron chi connectivity index (χ3n) is 2.55. The summed E-state index contributed by atoms with van der Waals surface area (Å²) in [6.45, 7) is 2.77. The summed E-state index contributed by atoms with van der Waals surface area (Å²) in [5, 5.41) is 0. The van der Waals surface area contributed by atoms with Crippen LogP contribution in [-0.4, -0.2) is 31.0 Å². The van der Waals surface area contributed by atoms with Crippen LogP contribution in [0.15, 0.2) is 30.3 Å². The molecule has 0 aliphatic carbocycles. The van der Waals surface area contributed by atoms with Crippen LogP contribution in [0, 0.1) is 5.92 Å². The minimum absolute atomic E-state index is 0.130. The largest absolute Gasteiger partial charge is 0.330 e. The van der Waals surface area contributed by atoms with E-state index in [-0.39, 0.29) is 5.91 Å². The zero-order chi connectivity index (χ0) is 12.7. The van der Waals surface area contributed by atoms with Crippen molar-refractivity contribution in [1.29, 1.82) is 0 Å². The average molecular weight is 252 g/mol. The van der Waals surface area contributed by atoms with Gasteiger partial charge in [-0.3, -0.25) is 4.79 Å². The van der Waals surface area contributed by atoms with Crippen LogP contribution in [-0.2, 0) is 4.79 Å². The molecule has 0 saturated heterocycles. The first kappa shape index (κ1) is 14.1. The summed E-state index contributed by atoms with van der Waals surface area (Å²) in [5.41, 5.74) is 6.47. The van der Waals surface area contributed by atoms with Crippen LogP contribution in [0.1, 0.15) is 6.92 Å². The van der Waals surface area contributed by atoms with Gasteiger partial charge in [-0.25, -0.2) is 0 Å². The summed E-state index contributed by atoms with van der Waals surface area (Å²) in [5.74, 6) is 2.04. The van der Waals surface area contributed by atoms with Gasteiger partial charge in [-0.15, -0.1) is 0 Å². The Morgan fingerprint density at radius 2 is 2.06 bits per heavy atom. The van der Waals surface area contributed by atoms with Crippen molar-refractivity contribution < 1.29 is 4.79 Å². The van der Waals surface area contributed by atoms with Crippen molar-refractivity contribution in [3.8, 4) is 0 Å². The Labute approximate surface area is 107 Å². The third-order valence-corrected chi connectivity index (χ3v) is 3.80. The van der Waals surface area contributed by atoms with Gasteiger partial charge in [0.1, 0.15) is 0 Å². The van der Waals surface area contributed by atoms with E-state index < -0.39 is 0 Å². The summed E-state index contributed by atoms with van der Waals surface area (Å²) in [7, 11) is 1.81.